The molecule has 28 heavy (non-hydrogen) atoms. The van der Waals surface area contributed by atoms with E-state index in [0.29, 0.717) is 34.4 Å². The van der Waals surface area contributed by atoms with Crippen LogP contribution in [0.3, 0.4) is 0 Å². The molecule has 7 heteroatoms. The number of amides is 1. The number of ether oxygens (including phenoxy) is 3. The predicted molar refractivity (Wildman–Crippen MR) is 104 cm³/mol. The van der Waals surface area contributed by atoms with Gasteiger partial charge in [0.25, 0.3) is 5.91 Å². The van der Waals surface area contributed by atoms with E-state index in [2.05, 4.69) is 10.4 Å². The molecule has 0 saturated heterocycles. The summed E-state index contributed by atoms with van der Waals surface area (Å²) in [5, 5.41) is 7.26. The second-order valence-corrected chi connectivity index (χ2v) is 6.83. The van der Waals surface area contributed by atoms with Crippen molar-refractivity contribution < 1.29 is 19.0 Å². The van der Waals surface area contributed by atoms with Gasteiger partial charge in [-0.05, 0) is 48.4 Å². The van der Waals surface area contributed by atoms with Crippen molar-refractivity contribution in [3.05, 3.63) is 59.9 Å². The van der Waals surface area contributed by atoms with Crippen LogP contribution in [0.5, 0.6) is 23.0 Å². The van der Waals surface area contributed by atoms with Crippen molar-refractivity contribution in [3.8, 4) is 23.0 Å². The number of hydrogen-bond acceptors (Lipinski definition) is 5. The van der Waals surface area contributed by atoms with Crippen LogP contribution in [0.25, 0.3) is 0 Å². The first-order valence-corrected chi connectivity index (χ1v) is 9.02. The molecular weight excluding hydrogens is 358 g/mol. The Bertz CT molecular complexity index is 1010. The van der Waals surface area contributed by atoms with Crippen LogP contribution in [-0.2, 0) is 7.05 Å². The molecule has 2 heterocycles. The molecule has 1 aliphatic heterocycles. The Morgan fingerprint density at radius 3 is 2.50 bits per heavy atom. The molecule has 0 saturated carbocycles. The summed E-state index contributed by atoms with van der Waals surface area (Å²) in [4.78, 5) is 12.5. The molecule has 1 aliphatic rings. The maximum atomic E-state index is 12.5. The van der Waals surface area contributed by atoms with E-state index in [1.54, 1.807) is 42.1 Å². The molecule has 0 radical (unpaired) electrons. The summed E-state index contributed by atoms with van der Waals surface area (Å²) in [6.45, 7) is 4.31. The van der Waals surface area contributed by atoms with E-state index in [0.717, 1.165) is 5.69 Å². The number of nitrogens with one attached hydrogen (secondary N) is 1. The number of hydrogen-bond donors (Lipinski definition) is 1. The molecule has 0 fully saturated rings. The normalized spacial score (nSPS) is 12.3. The molecule has 4 rings (SSSR count). The zero-order valence-electron chi connectivity index (χ0n) is 15.9. The average molecular weight is 379 g/mol. The molecule has 1 amide bonds. The maximum absolute atomic E-state index is 12.5. The van der Waals surface area contributed by atoms with E-state index >= 15 is 0 Å². The Hall–Kier alpha value is -3.48. The van der Waals surface area contributed by atoms with Gasteiger partial charge in [-0.3, -0.25) is 9.48 Å². The Kier molecular flexibility index (Phi) is 4.65. The fraction of sp³-hybridized carbons (Fsp3) is 0.238. The van der Waals surface area contributed by atoms with E-state index in [-0.39, 0.29) is 18.6 Å². The molecule has 0 bridgehead atoms. The van der Waals surface area contributed by atoms with Crippen molar-refractivity contribution in [2.24, 2.45) is 7.05 Å². The third kappa shape index (κ3) is 3.64. The summed E-state index contributed by atoms with van der Waals surface area (Å²) in [5.41, 5.74) is 2.08. The molecule has 2 aromatic carbocycles. The van der Waals surface area contributed by atoms with E-state index in [1.807, 2.05) is 32.0 Å². The standard InChI is InChI=1S/C21H21N3O4/c1-13(2)17-11-18(24(3)23-17)21(25)22-14-4-6-15(7-5-14)28-16-8-9-19-20(10-16)27-12-26-19/h4-11,13H,12H2,1-3H3,(H,22,25). The number of aryl methyl sites for hydroxylation is 1. The molecule has 1 N–H and O–H groups in total. The molecular formula is C21H21N3O4. The quantitative estimate of drug-likeness (QED) is 0.715. The predicted octanol–water partition coefficient (Wildman–Crippen LogP) is 4.32. The van der Waals surface area contributed by atoms with Gasteiger partial charge >= 0.3 is 0 Å². The fourth-order valence-electron chi connectivity index (χ4n) is 2.86. The lowest BCUT2D eigenvalue weighted by molar-refractivity contribution is 0.101. The van der Waals surface area contributed by atoms with Crippen LogP contribution in [0.15, 0.2) is 48.5 Å². The number of benzene rings is 2. The molecule has 0 spiro atoms. The lowest BCUT2D eigenvalue weighted by Crippen LogP contribution is -2.15. The van der Waals surface area contributed by atoms with Crippen molar-refractivity contribution in [2.75, 3.05) is 12.1 Å². The summed E-state index contributed by atoms with van der Waals surface area (Å²) in [6.07, 6.45) is 0. The Morgan fingerprint density at radius 1 is 1.07 bits per heavy atom. The van der Waals surface area contributed by atoms with Gasteiger partial charge in [-0.1, -0.05) is 13.8 Å². The molecule has 0 atom stereocenters. The van der Waals surface area contributed by atoms with Gasteiger partial charge in [-0.25, -0.2) is 0 Å². The van der Waals surface area contributed by atoms with Crippen LogP contribution in [-0.4, -0.2) is 22.5 Å². The first kappa shape index (κ1) is 17.9. The van der Waals surface area contributed by atoms with E-state index in [4.69, 9.17) is 14.2 Å². The number of nitrogens with zero attached hydrogens (tertiary/aromatic N) is 2. The van der Waals surface area contributed by atoms with Crippen LogP contribution >= 0.6 is 0 Å². The van der Waals surface area contributed by atoms with Crippen LogP contribution in [0.2, 0.25) is 0 Å². The number of rotatable bonds is 5. The van der Waals surface area contributed by atoms with Crippen LogP contribution in [0.4, 0.5) is 5.69 Å². The van der Waals surface area contributed by atoms with Crippen LogP contribution < -0.4 is 19.5 Å². The molecule has 0 aliphatic carbocycles. The van der Waals surface area contributed by atoms with Gasteiger partial charge < -0.3 is 19.5 Å². The summed E-state index contributed by atoms with van der Waals surface area (Å²) >= 11 is 0. The largest absolute Gasteiger partial charge is 0.457 e. The number of anilines is 1. The molecule has 3 aromatic rings. The number of carbonyl (C=O) groups excluding carboxylic acids is 1. The minimum atomic E-state index is -0.202. The first-order valence-electron chi connectivity index (χ1n) is 9.02. The zero-order valence-corrected chi connectivity index (χ0v) is 15.9. The summed E-state index contributed by atoms with van der Waals surface area (Å²) < 4.78 is 18.1. The van der Waals surface area contributed by atoms with Crippen molar-refractivity contribution >= 4 is 11.6 Å². The lowest BCUT2D eigenvalue weighted by atomic mass is 10.1. The van der Waals surface area contributed by atoms with Gasteiger partial charge in [-0.15, -0.1) is 0 Å². The number of aromatic nitrogens is 2. The highest BCUT2D eigenvalue weighted by Gasteiger charge is 2.16. The molecule has 1 aromatic heterocycles. The summed E-state index contributed by atoms with van der Waals surface area (Å²) in [6, 6.07) is 14.4. The topological polar surface area (TPSA) is 74.6 Å². The highest BCUT2D eigenvalue weighted by molar-refractivity contribution is 6.03. The summed E-state index contributed by atoms with van der Waals surface area (Å²) in [5.74, 6) is 2.74. The first-order chi connectivity index (χ1) is 13.5. The second kappa shape index (κ2) is 7.26. The molecule has 7 nitrogen and oxygen atoms in total. The van der Waals surface area contributed by atoms with Crippen LogP contribution in [0.1, 0.15) is 35.9 Å². The third-order valence-electron chi connectivity index (χ3n) is 4.41. The monoisotopic (exact) mass is 379 g/mol. The number of fused-ring (bicyclic) bond motifs is 1. The van der Waals surface area contributed by atoms with Gasteiger partial charge in [0, 0.05) is 18.8 Å². The molecule has 0 unspecified atom stereocenters. The van der Waals surface area contributed by atoms with Gasteiger partial charge in [-0.2, -0.15) is 5.10 Å². The smallest absolute Gasteiger partial charge is 0.273 e. The zero-order chi connectivity index (χ0) is 19.7. The molecule has 144 valence electrons. The fourth-order valence-corrected chi connectivity index (χ4v) is 2.86. The van der Waals surface area contributed by atoms with Gasteiger partial charge in [0.2, 0.25) is 6.79 Å². The summed E-state index contributed by atoms with van der Waals surface area (Å²) in [7, 11) is 1.77. The van der Waals surface area contributed by atoms with Gasteiger partial charge in [0.05, 0.1) is 5.69 Å². The highest BCUT2D eigenvalue weighted by atomic mass is 16.7. The van der Waals surface area contributed by atoms with Crippen molar-refractivity contribution in [3.63, 3.8) is 0 Å². The SMILES string of the molecule is CC(C)c1cc(C(=O)Nc2ccc(Oc3ccc4c(c3)OCO4)cc2)n(C)n1. The third-order valence-corrected chi connectivity index (χ3v) is 4.41. The van der Waals surface area contributed by atoms with E-state index in [1.165, 1.54) is 0 Å². The van der Waals surface area contributed by atoms with Crippen LogP contribution in [0, 0.1) is 0 Å². The van der Waals surface area contributed by atoms with Crippen molar-refractivity contribution in [1.29, 1.82) is 0 Å². The Balaban J connectivity index is 1.42. The highest BCUT2D eigenvalue weighted by Crippen LogP contribution is 2.36. The minimum Gasteiger partial charge on any atom is -0.457 e. The lowest BCUT2D eigenvalue weighted by Gasteiger charge is -2.09. The Labute approximate surface area is 162 Å². The van der Waals surface area contributed by atoms with Gasteiger partial charge in [0.1, 0.15) is 17.2 Å². The maximum Gasteiger partial charge on any atom is 0.273 e. The van der Waals surface area contributed by atoms with Crippen molar-refractivity contribution in [2.45, 2.75) is 19.8 Å². The Morgan fingerprint density at radius 2 is 1.79 bits per heavy atom. The number of carbonyl (C=O) groups is 1. The van der Waals surface area contributed by atoms with Gasteiger partial charge in [0.15, 0.2) is 11.5 Å². The van der Waals surface area contributed by atoms with E-state index < -0.39 is 0 Å². The van der Waals surface area contributed by atoms with Crippen molar-refractivity contribution in [1.82, 2.24) is 9.78 Å². The van der Waals surface area contributed by atoms with E-state index in [9.17, 15) is 4.79 Å². The average Bonchev–Trinajstić information content (AvgIpc) is 3.29. The minimum absolute atomic E-state index is 0.202. The second-order valence-electron chi connectivity index (χ2n) is 6.83.